The molecule has 1 atom stereocenters. The van der Waals surface area contributed by atoms with Gasteiger partial charge in [0.15, 0.2) is 11.2 Å². The Balaban J connectivity index is 1.94. The molecule has 0 saturated carbocycles. The van der Waals surface area contributed by atoms with Gasteiger partial charge in [-0.3, -0.25) is 10.1 Å². The molecule has 0 aliphatic rings. The first-order valence-corrected chi connectivity index (χ1v) is 6.98. The highest BCUT2D eigenvalue weighted by Gasteiger charge is 2.17. The van der Waals surface area contributed by atoms with E-state index in [1.165, 1.54) is 13.3 Å². The Bertz CT molecular complexity index is 627. The summed E-state index contributed by atoms with van der Waals surface area (Å²) in [5.74, 6) is -0.222. The van der Waals surface area contributed by atoms with Crippen LogP contribution >= 0.6 is 11.3 Å². The third-order valence-electron chi connectivity index (χ3n) is 2.55. The van der Waals surface area contributed by atoms with Crippen LogP contribution in [0, 0.1) is 0 Å². The second kappa shape index (κ2) is 6.85. The Morgan fingerprint density at radius 3 is 2.67 bits per heavy atom. The van der Waals surface area contributed by atoms with Crippen LogP contribution < -0.4 is 10.1 Å². The number of nitrogens with zero attached hydrogens (tertiary/aromatic N) is 1. The molecular formula is C14H14N2O4S. The summed E-state index contributed by atoms with van der Waals surface area (Å²) in [6.07, 6.45) is 0.673. The first kappa shape index (κ1) is 15.0. The third-order valence-corrected chi connectivity index (χ3v) is 3.44. The van der Waals surface area contributed by atoms with Crippen molar-refractivity contribution in [1.82, 2.24) is 4.98 Å². The van der Waals surface area contributed by atoms with E-state index in [2.05, 4.69) is 15.0 Å². The average Bonchev–Trinajstić information content (AvgIpc) is 2.96. The second-order valence-corrected chi connectivity index (χ2v) is 5.11. The van der Waals surface area contributed by atoms with Gasteiger partial charge in [-0.2, -0.15) is 0 Å². The van der Waals surface area contributed by atoms with Crippen LogP contribution in [0.5, 0.6) is 5.75 Å². The lowest BCUT2D eigenvalue weighted by Crippen LogP contribution is -2.30. The average molecular weight is 306 g/mol. The van der Waals surface area contributed by atoms with E-state index in [1.54, 1.807) is 19.1 Å². The molecule has 6 nitrogen and oxygen atoms in total. The molecular weight excluding hydrogens is 292 g/mol. The van der Waals surface area contributed by atoms with Crippen molar-refractivity contribution in [2.45, 2.75) is 13.0 Å². The topological polar surface area (TPSA) is 77.5 Å². The van der Waals surface area contributed by atoms with Gasteiger partial charge in [0.25, 0.3) is 5.91 Å². The number of benzene rings is 1. The number of nitrogens with one attached hydrogen (secondary N) is 1. The molecule has 0 aliphatic heterocycles. The highest BCUT2D eigenvalue weighted by Crippen LogP contribution is 2.19. The zero-order valence-electron chi connectivity index (χ0n) is 11.5. The largest absolute Gasteiger partial charge is 0.481 e. The highest BCUT2D eigenvalue weighted by molar-refractivity contribution is 7.17. The van der Waals surface area contributed by atoms with Gasteiger partial charge in [-0.25, -0.2) is 9.78 Å². The minimum atomic E-state index is -0.683. The van der Waals surface area contributed by atoms with Gasteiger partial charge in [-0.1, -0.05) is 29.5 Å². The zero-order chi connectivity index (χ0) is 15.2. The van der Waals surface area contributed by atoms with Gasteiger partial charge in [0.2, 0.25) is 0 Å². The predicted molar refractivity (Wildman–Crippen MR) is 78.6 cm³/mol. The van der Waals surface area contributed by atoms with Gasteiger partial charge in [-0.05, 0) is 19.1 Å². The van der Waals surface area contributed by atoms with E-state index in [1.807, 2.05) is 18.2 Å². The minimum Gasteiger partial charge on any atom is -0.481 e. The van der Waals surface area contributed by atoms with Crippen LogP contribution in [-0.2, 0) is 9.53 Å². The molecule has 21 heavy (non-hydrogen) atoms. The number of hydrogen-bond acceptors (Lipinski definition) is 6. The van der Waals surface area contributed by atoms with Gasteiger partial charge < -0.3 is 9.47 Å². The fourth-order valence-corrected chi connectivity index (χ4v) is 2.23. The van der Waals surface area contributed by atoms with E-state index in [-0.39, 0.29) is 5.91 Å². The van der Waals surface area contributed by atoms with E-state index >= 15 is 0 Å². The molecule has 0 spiro atoms. The number of para-hydroxylation sites is 1. The summed E-state index contributed by atoms with van der Waals surface area (Å²) in [5, 5.41) is 2.92. The van der Waals surface area contributed by atoms with Crippen molar-refractivity contribution in [1.29, 1.82) is 0 Å². The molecule has 2 rings (SSSR count). The molecule has 1 amide bonds. The number of hydrogen-bond donors (Lipinski definition) is 1. The molecule has 0 fully saturated rings. The van der Waals surface area contributed by atoms with E-state index in [0.29, 0.717) is 15.8 Å². The number of carbonyl (C=O) groups excluding carboxylic acids is 2. The minimum absolute atomic E-state index is 0.323. The van der Waals surface area contributed by atoms with Crippen LogP contribution in [0.4, 0.5) is 5.13 Å². The molecule has 0 bridgehead atoms. The van der Waals surface area contributed by atoms with Gasteiger partial charge in [0.05, 0.1) is 13.3 Å². The van der Waals surface area contributed by atoms with E-state index in [4.69, 9.17) is 4.74 Å². The third kappa shape index (κ3) is 4.03. The van der Waals surface area contributed by atoms with Crippen molar-refractivity contribution in [2.24, 2.45) is 0 Å². The summed E-state index contributed by atoms with van der Waals surface area (Å²) < 4.78 is 10.1. The van der Waals surface area contributed by atoms with Crippen molar-refractivity contribution in [3.8, 4) is 5.75 Å². The van der Waals surface area contributed by atoms with Gasteiger partial charge in [0.1, 0.15) is 10.6 Å². The number of ether oxygens (including phenoxy) is 2. The molecule has 7 heteroatoms. The quantitative estimate of drug-likeness (QED) is 0.858. The number of anilines is 1. The first-order chi connectivity index (χ1) is 10.1. The lowest BCUT2D eigenvalue weighted by atomic mass is 10.3. The predicted octanol–water partition coefficient (Wildman–Crippen LogP) is 2.34. The summed E-state index contributed by atoms with van der Waals surface area (Å²) in [7, 11) is 1.29. The van der Waals surface area contributed by atoms with Gasteiger partial charge >= 0.3 is 5.97 Å². The van der Waals surface area contributed by atoms with Crippen LogP contribution in [-0.4, -0.2) is 30.1 Å². The monoisotopic (exact) mass is 306 g/mol. The van der Waals surface area contributed by atoms with Gasteiger partial charge in [-0.15, -0.1) is 0 Å². The summed E-state index contributed by atoms with van der Waals surface area (Å²) >= 11 is 1.04. The molecule has 1 unspecified atom stereocenters. The maximum Gasteiger partial charge on any atom is 0.349 e. The molecule has 0 radical (unpaired) electrons. The van der Waals surface area contributed by atoms with Crippen LogP contribution in [0.2, 0.25) is 0 Å². The molecule has 110 valence electrons. The maximum atomic E-state index is 12.0. The number of amides is 1. The molecule has 1 aromatic heterocycles. The van der Waals surface area contributed by atoms with E-state index < -0.39 is 12.1 Å². The van der Waals surface area contributed by atoms with Crippen LogP contribution in [0.3, 0.4) is 0 Å². The Hall–Kier alpha value is -2.41. The lowest BCUT2D eigenvalue weighted by molar-refractivity contribution is -0.122. The van der Waals surface area contributed by atoms with Crippen molar-refractivity contribution in [3.05, 3.63) is 41.4 Å². The van der Waals surface area contributed by atoms with Crippen LogP contribution in [0.1, 0.15) is 16.6 Å². The molecule has 1 heterocycles. The zero-order valence-corrected chi connectivity index (χ0v) is 12.3. The standard InChI is InChI=1S/C14H14N2O4S/c1-9(20-10-6-4-3-5-7-10)12(17)16-14-15-8-11(21-14)13(18)19-2/h3-9H,1-2H3,(H,15,16,17). The van der Waals surface area contributed by atoms with E-state index in [9.17, 15) is 9.59 Å². The van der Waals surface area contributed by atoms with Crippen molar-refractivity contribution >= 4 is 28.3 Å². The number of aromatic nitrogens is 1. The fraction of sp³-hybridized carbons (Fsp3) is 0.214. The van der Waals surface area contributed by atoms with Crippen molar-refractivity contribution < 1.29 is 19.1 Å². The Morgan fingerprint density at radius 1 is 1.29 bits per heavy atom. The number of thiazole rings is 1. The van der Waals surface area contributed by atoms with Crippen LogP contribution in [0.25, 0.3) is 0 Å². The molecule has 1 N–H and O–H groups in total. The Labute approximate surface area is 125 Å². The lowest BCUT2D eigenvalue weighted by Gasteiger charge is -2.13. The summed E-state index contributed by atoms with van der Waals surface area (Å²) in [6.45, 7) is 1.64. The Kier molecular flexibility index (Phi) is 4.89. The molecule has 0 aliphatic carbocycles. The molecule has 0 saturated heterocycles. The SMILES string of the molecule is COC(=O)c1cnc(NC(=O)C(C)Oc2ccccc2)s1. The normalized spacial score (nSPS) is 11.5. The Morgan fingerprint density at radius 2 is 2.00 bits per heavy atom. The summed E-state index contributed by atoms with van der Waals surface area (Å²) in [4.78, 5) is 27.5. The molecule has 2 aromatic rings. The highest BCUT2D eigenvalue weighted by atomic mass is 32.1. The molecule has 1 aromatic carbocycles. The van der Waals surface area contributed by atoms with Crippen molar-refractivity contribution in [2.75, 3.05) is 12.4 Å². The first-order valence-electron chi connectivity index (χ1n) is 6.17. The second-order valence-electron chi connectivity index (χ2n) is 4.08. The number of rotatable bonds is 5. The smallest absolute Gasteiger partial charge is 0.349 e. The maximum absolute atomic E-state index is 12.0. The summed E-state index contributed by atoms with van der Waals surface area (Å²) in [6, 6.07) is 9.04. The van der Waals surface area contributed by atoms with Crippen molar-refractivity contribution in [3.63, 3.8) is 0 Å². The fourth-order valence-electron chi connectivity index (χ4n) is 1.49. The number of esters is 1. The van der Waals surface area contributed by atoms with Crippen LogP contribution in [0.15, 0.2) is 36.5 Å². The number of carbonyl (C=O) groups is 2. The van der Waals surface area contributed by atoms with E-state index in [0.717, 1.165) is 11.3 Å². The number of methoxy groups -OCH3 is 1. The van der Waals surface area contributed by atoms with Gasteiger partial charge in [0, 0.05) is 0 Å². The summed E-state index contributed by atoms with van der Waals surface area (Å²) in [5.41, 5.74) is 0.